The molecule has 59 valence electrons. The SMILES string of the molecule is [c]1ccc(Cn2cncn2)cc1. The van der Waals surface area contributed by atoms with Gasteiger partial charge >= 0.3 is 0 Å². The van der Waals surface area contributed by atoms with Crippen molar-refractivity contribution < 1.29 is 0 Å². The van der Waals surface area contributed by atoms with Crippen LogP contribution in [0.1, 0.15) is 5.56 Å². The fraction of sp³-hybridized carbons (Fsp3) is 0.111. The molecule has 0 aliphatic heterocycles. The number of hydrogen-bond acceptors (Lipinski definition) is 2. The van der Waals surface area contributed by atoms with Crippen LogP contribution in [0.5, 0.6) is 0 Å². The number of rotatable bonds is 2. The largest absolute Gasteiger partial charge is 0.249 e. The fourth-order valence-electron chi connectivity index (χ4n) is 1.03. The number of aromatic nitrogens is 3. The zero-order chi connectivity index (χ0) is 8.23. The van der Waals surface area contributed by atoms with Crippen molar-refractivity contribution >= 4 is 0 Å². The Hall–Kier alpha value is -1.64. The molecule has 1 aromatic heterocycles. The molecule has 0 fully saturated rings. The Morgan fingerprint density at radius 1 is 1.33 bits per heavy atom. The first-order chi connectivity index (χ1) is 5.95. The highest BCUT2D eigenvalue weighted by molar-refractivity contribution is 5.13. The van der Waals surface area contributed by atoms with Crippen molar-refractivity contribution in [2.45, 2.75) is 6.54 Å². The average Bonchev–Trinajstić information content (AvgIpc) is 2.59. The van der Waals surface area contributed by atoms with E-state index >= 15 is 0 Å². The highest BCUT2D eigenvalue weighted by atomic mass is 15.3. The van der Waals surface area contributed by atoms with Crippen LogP contribution in [0.25, 0.3) is 0 Å². The van der Waals surface area contributed by atoms with E-state index in [9.17, 15) is 0 Å². The fourth-order valence-corrected chi connectivity index (χ4v) is 1.03. The minimum Gasteiger partial charge on any atom is -0.249 e. The van der Waals surface area contributed by atoms with Gasteiger partial charge in [0.2, 0.25) is 0 Å². The number of benzene rings is 1. The van der Waals surface area contributed by atoms with Crippen molar-refractivity contribution in [3.63, 3.8) is 0 Å². The molecule has 0 atom stereocenters. The van der Waals surface area contributed by atoms with Gasteiger partial charge < -0.3 is 0 Å². The van der Waals surface area contributed by atoms with E-state index in [4.69, 9.17) is 0 Å². The molecule has 1 radical (unpaired) electrons. The zero-order valence-corrected chi connectivity index (χ0v) is 6.51. The molecular weight excluding hydrogens is 150 g/mol. The summed E-state index contributed by atoms with van der Waals surface area (Å²) in [5.41, 5.74) is 1.21. The second kappa shape index (κ2) is 3.17. The lowest BCUT2D eigenvalue weighted by Gasteiger charge is -1.98. The lowest BCUT2D eigenvalue weighted by atomic mass is 10.2. The van der Waals surface area contributed by atoms with Crippen LogP contribution in [-0.4, -0.2) is 14.8 Å². The molecular formula is C9H8N3. The Morgan fingerprint density at radius 3 is 2.83 bits per heavy atom. The predicted molar refractivity (Wildman–Crippen MR) is 44.4 cm³/mol. The van der Waals surface area contributed by atoms with Crippen LogP contribution in [0.3, 0.4) is 0 Å². The van der Waals surface area contributed by atoms with Crippen LogP contribution in [0, 0.1) is 6.07 Å². The van der Waals surface area contributed by atoms with E-state index in [1.807, 2.05) is 24.3 Å². The summed E-state index contributed by atoms with van der Waals surface area (Å²) in [6, 6.07) is 10.8. The first-order valence-corrected chi connectivity index (χ1v) is 3.72. The van der Waals surface area contributed by atoms with E-state index in [0.29, 0.717) is 0 Å². The molecule has 3 heteroatoms. The summed E-state index contributed by atoms with van der Waals surface area (Å²) in [5.74, 6) is 0. The van der Waals surface area contributed by atoms with E-state index < -0.39 is 0 Å². The Kier molecular flexibility index (Phi) is 1.86. The van der Waals surface area contributed by atoms with Crippen LogP contribution in [-0.2, 0) is 6.54 Å². The van der Waals surface area contributed by atoms with Gasteiger partial charge in [0.25, 0.3) is 0 Å². The standard InChI is InChI=1S/C9H8N3/c1-2-4-9(5-3-1)6-12-8-10-7-11-12/h2-5,7-8H,6H2. The van der Waals surface area contributed by atoms with Crippen LogP contribution in [0.2, 0.25) is 0 Å². The highest BCUT2D eigenvalue weighted by Gasteiger charge is 1.92. The summed E-state index contributed by atoms with van der Waals surface area (Å²) >= 11 is 0. The molecule has 2 rings (SSSR count). The minimum atomic E-state index is 0.772. The van der Waals surface area contributed by atoms with E-state index in [2.05, 4.69) is 16.1 Å². The predicted octanol–water partition coefficient (Wildman–Crippen LogP) is 1.13. The summed E-state index contributed by atoms with van der Waals surface area (Å²) in [6.07, 6.45) is 3.24. The Labute approximate surface area is 70.7 Å². The van der Waals surface area contributed by atoms with Crippen LogP contribution >= 0.6 is 0 Å². The van der Waals surface area contributed by atoms with Gasteiger partial charge in [-0.05, 0) is 11.6 Å². The van der Waals surface area contributed by atoms with E-state index in [0.717, 1.165) is 6.54 Å². The normalized spacial score (nSPS) is 10.0. The quantitative estimate of drug-likeness (QED) is 0.655. The molecule has 1 heterocycles. The van der Waals surface area contributed by atoms with Crippen LogP contribution in [0.15, 0.2) is 36.9 Å². The molecule has 0 aliphatic carbocycles. The third-order valence-corrected chi connectivity index (χ3v) is 1.60. The molecule has 0 aliphatic rings. The lowest BCUT2D eigenvalue weighted by Crippen LogP contribution is -1.99. The van der Waals surface area contributed by atoms with Gasteiger partial charge in [0, 0.05) is 0 Å². The Morgan fingerprint density at radius 2 is 2.17 bits per heavy atom. The third-order valence-electron chi connectivity index (χ3n) is 1.60. The zero-order valence-electron chi connectivity index (χ0n) is 6.51. The molecule has 0 bridgehead atoms. The average molecular weight is 158 g/mol. The monoisotopic (exact) mass is 158 g/mol. The summed E-state index contributed by atoms with van der Waals surface area (Å²) in [6.45, 7) is 0.772. The molecule has 0 amide bonds. The maximum atomic E-state index is 4.01. The van der Waals surface area contributed by atoms with Gasteiger partial charge in [-0.3, -0.25) is 0 Å². The van der Waals surface area contributed by atoms with Crippen molar-refractivity contribution in [3.05, 3.63) is 48.5 Å². The molecule has 2 aromatic rings. The van der Waals surface area contributed by atoms with Gasteiger partial charge in [-0.25, -0.2) is 9.67 Å². The summed E-state index contributed by atoms with van der Waals surface area (Å²) in [5, 5.41) is 4.01. The molecule has 0 saturated heterocycles. The van der Waals surface area contributed by atoms with E-state index in [1.54, 1.807) is 11.0 Å². The number of hydrogen-bond donors (Lipinski definition) is 0. The number of nitrogens with zero attached hydrogens (tertiary/aromatic N) is 3. The van der Waals surface area contributed by atoms with Crippen LogP contribution in [0.4, 0.5) is 0 Å². The second-order valence-corrected chi connectivity index (χ2v) is 2.50. The van der Waals surface area contributed by atoms with Gasteiger partial charge in [0.1, 0.15) is 12.7 Å². The Balaban J connectivity index is 2.15. The third kappa shape index (κ3) is 1.50. The molecule has 0 N–H and O–H groups in total. The Bertz CT molecular complexity index is 326. The van der Waals surface area contributed by atoms with E-state index in [1.165, 1.54) is 11.9 Å². The molecule has 0 saturated carbocycles. The second-order valence-electron chi connectivity index (χ2n) is 2.50. The molecule has 3 nitrogen and oxygen atoms in total. The molecule has 1 aromatic carbocycles. The van der Waals surface area contributed by atoms with Crippen molar-refractivity contribution in [2.24, 2.45) is 0 Å². The summed E-state index contributed by atoms with van der Waals surface area (Å²) < 4.78 is 1.79. The highest BCUT2D eigenvalue weighted by Crippen LogP contribution is 1.99. The van der Waals surface area contributed by atoms with Crippen molar-refractivity contribution in [1.82, 2.24) is 14.8 Å². The maximum absolute atomic E-state index is 4.01. The van der Waals surface area contributed by atoms with E-state index in [-0.39, 0.29) is 0 Å². The molecule has 0 spiro atoms. The van der Waals surface area contributed by atoms with Crippen molar-refractivity contribution in [3.8, 4) is 0 Å². The first-order valence-electron chi connectivity index (χ1n) is 3.72. The molecule has 0 unspecified atom stereocenters. The maximum Gasteiger partial charge on any atom is 0.137 e. The smallest absolute Gasteiger partial charge is 0.137 e. The lowest BCUT2D eigenvalue weighted by molar-refractivity contribution is 0.685. The molecule has 12 heavy (non-hydrogen) atoms. The van der Waals surface area contributed by atoms with Gasteiger partial charge in [-0.2, -0.15) is 5.10 Å². The topological polar surface area (TPSA) is 30.7 Å². The van der Waals surface area contributed by atoms with Gasteiger partial charge in [-0.1, -0.05) is 24.3 Å². The van der Waals surface area contributed by atoms with Gasteiger partial charge in [-0.15, -0.1) is 0 Å². The summed E-state index contributed by atoms with van der Waals surface area (Å²) in [7, 11) is 0. The summed E-state index contributed by atoms with van der Waals surface area (Å²) in [4.78, 5) is 3.86. The first kappa shape index (κ1) is 7.03. The minimum absolute atomic E-state index is 0.772. The van der Waals surface area contributed by atoms with Gasteiger partial charge in [0.05, 0.1) is 6.54 Å². The van der Waals surface area contributed by atoms with Crippen molar-refractivity contribution in [2.75, 3.05) is 0 Å². The van der Waals surface area contributed by atoms with Crippen molar-refractivity contribution in [1.29, 1.82) is 0 Å². The van der Waals surface area contributed by atoms with Gasteiger partial charge in [0.15, 0.2) is 0 Å². The van der Waals surface area contributed by atoms with Crippen LogP contribution < -0.4 is 0 Å².